The lowest BCUT2D eigenvalue weighted by atomic mass is 10.0. The Kier molecular flexibility index (Phi) is 2.95. The maximum Gasteiger partial charge on any atom is 0.0991 e. The second-order valence-corrected chi connectivity index (χ2v) is 3.48. The quantitative estimate of drug-likeness (QED) is 0.823. The molecule has 0 saturated heterocycles. The summed E-state index contributed by atoms with van der Waals surface area (Å²) in [4.78, 5) is 4.12. The van der Waals surface area contributed by atoms with Crippen molar-refractivity contribution in [3.8, 4) is 17.2 Å². The monoisotopic (exact) mass is 209 g/mol. The number of pyridine rings is 1. The number of aromatic nitrogens is 1. The molecule has 16 heavy (non-hydrogen) atoms. The maximum absolute atomic E-state index is 8.82. The Morgan fingerprint density at radius 3 is 2.81 bits per heavy atom. The van der Waals surface area contributed by atoms with E-state index >= 15 is 0 Å². The first kappa shape index (κ1) is 10.3. The standard InChI is InChI=1S/C13H11N3/c14-6-10-2-1-3-12(4-10)13-5-11(7-15)8-16-9-13/h1-5,8-9H,7,15H2. The van der Waals surface area contributed by atoms with Crippen molar-refractivity contribution < 1.29 is 0 Å². The molecule has 1 aromatic heterocycles. The topological polar surface area (TPSA) is 62.7 Å². The normalized spacial score (nSPS) is 9.75. The van der Waals surface area contributed by atoms with Gasteiger partial charge in [-0.3, -0.25) is 4.98 Å². The molecule has 1 heterocycles. The van der Waals surface area contributed by atoms with Crippen LogP contribution in [0.3, 0.4) is 0 Å². The number of rotatable bonds is 2. The van der Waals surface area contributed by atoms with Gasteiger partial charge in [0.25, 0.3) is 0 Å². The van der Waals surface area contributed by atoms with Crippen LogP contribution in [0.4, 0.5) is 0 Å². The molecular weight excluding hydrogens is 198 g/mol. The minimum absolute atomic E-state index is 0.471. The third-order valence-electron chi connectivity index (χ3n) is 2.36. The molecular formula is C13H11N3. The molecule has 3 nitrogen and oxygen atoms in total. The van der Waals surface area contributed by atoms with Crippen molar-refractivity contribution in [2.24, 2.45) is 5.73 Å². The van der Waals surface area contributed by atoms with Crippen molar-refractivity contribution in [1.29, 1.82) is 5.26 Å². The van der Waals surface area contributed by atoms with Gasteiger partial charge >= 0.3 is 0 Å². The Morgan fingerprint density at radius 1 is 1.19 bits per heavy atom. The summed E-state index contributed by atoms with van der Waals surface area (Å²) in [6.45, 7) is 0.471. The van der Waals surface area contributed by atoms with Crippen molar-refractivity contribution in [3.63, 3.8) is 0 Å². The van der Waals surface area contributed by atoms with E-state index in [1.54, 1.807) is 18.5 Å². The number of hydrogen-bond acceptors (Lipinski definition) is 3. The fourth-order valence-corrected chi connectivity index (χ4v) is 1.53. The van der Waals surface area contributed by atoms with Crippen LogP contribution in [0.1, 0.15) is 11.1 Å². The van der Waals surface area contributed by atoms with Crippen LogP contribution >= 0.6 is 0 Å². The molecule has 78 valence electrons. The number of nitrogens with zero attached hydrogens (tertiary/aromatic N) is 2. The highest BCUT2D eigenvalue weighted by molar-refractivity contribution is 5.64. The summed E-state index contributed by atoms with van der Waals surface area (Å²) in [6.07, 6.45) is 3.52. The summed E-state index contributed by atoms with van der Waals surface area (Å²) in [7, 11) is 0. The van der Waals surface area contributed by atoms with E-state index in [9.17, 15) is 0 Å². The zero-order valence-electron chi connectivity index (χ0n) is 8.72. The summed E-state index contributed by atoms with van der Waals surface area (Å²) in [6, 6.07) is 11.6. The first-order chi connectivity index (χ1) is 7.83. The summed E-state index contributed by atoms with van der Waals surface area (Å²) in [5, 5.41) is 8.82. The number of nitrogens with two attached hydrogens (primary N) is 1. The summed E-state index contributed by atoms with van der Waals surface area (Å²) in [5.41, 5.74) is 9.17. The average molecular weight is 209 g/mol. The van der Waals surface area contributed by atoms with Crippen molar-refractivity contribution in [2.45, 2.75) is 6.54 Å². The third kappa shape index (κ3) is 2.08. The molecule has 0 aliphatic rings. The maximum atomic E-state index is 8.82. The Labute approximate surface area is 94.2 Å². The summed E-state index contributed by atoms with van der Waals surface area (Å²) >= 11 is 0. The number of nitriles is 1. The van der Waals surface area contributed by atoms with Gasteiger partial charge in [0.15, 0.2) is 0 Å². The average Bonchev–Trinajstić information content (AvgIpc) is 2.39. The molecule has 3 heteroatoms. The summed E-state index contributed by atoms with van der Waals surface area (Å²) < 4.78 is 0. The Bertz CT molecular complexity index is 541. The van der Waals surface area contributed by atoms with Crippen LogP contribution in [0.15, 0.2) is 42.7 Å². The Balaban J connectivity index is 2.46. The van der Waals surface area contributed by atoms with E-state index < -0.39 is 0 Å². The molecule has 0 spiro atoms. The van der Waals surface area contributed by atoms with Gasteiger partial charge in [-0.15, -0.1) is 0 Å². The van der Waals surface area contributed by atoms with Crippen LogP contribution in [0.5, 0.6) is 0 Å². The van der Waals surface area contributed by atoms with Crippen LogP contribution in [0, 0.1) is 11.3 Å². The molecule has 0 bridgehead atoms. The lowest BCUT2D eigenvalue weighted by molar-refractivity contribution is 1.05. The van der Waals surface area contributed by atoms with Gasteiger partial charge in [-0.05, 0) is 29.3 Å². The van der Waals surface area contributed by atoms with Gasteiger partial charge in [0.05, 0.1) is 11.6 Å². The molecule has 2 aromatic rings. The van der Waals surface area contributed by atoms with Gasteiger partial charge in [-0.1, -0.05) is 12.1 Å². The lowest BCUT2D eigenvalue weighted by Gasteiger charge is -2.03. The molecule has 0 atom stereocenters. The zero-order chi connectivity index (χ0) is 11.4. The van der Waals surface area contributed by atoms with Gasteiger partial charge in [-0.25, -0.2) is 0 Å². The van der Waals surface area contributed by atoms with Crippen LogP contribution < -0.4 is 5.73 Å². The van der Waals surface area contributed by atoms with E-state index in [-0.39, 0.29) is 0 Å². The Hall–Kier alpha value is -2.18. The smallest absolute Gasteiger partial charge is 0.0991 e. The molecule has 2 rings (SSSR count). The van der Waals surface area contributed by atoms with Gasteiger partial charge < -0.3 is 5.73 Å². The van der Waals surface area contributed by atoms with Crippen molar-refractivity contribution in [3.05, 3.63) is 53.9 Å². The second kappa shape index (κ2) is 4.56. The van der Waals surface area contributed by atoms with E-state index in [1.165, 1.54) is 0 Å². The first-order valence-electron chi connectivity index (χ1n) is 4.98. The Morgan fingerprint density at radius 2 is 2.06 bits per heavy atom. The van der Waals surface area contributed by atoms with Crippen LogP contribution in [-0.4, -0.2) is 4.98 Å². The minimum Gasteiger partial charge on any atom is -0.326 e. The van der Waals surface area contributed by atoms with Gasteiger partial charge in [0.1, 0.15) is 0 Å². The zero-order valence-corrected chi connectivity index (χ0v) is 8.72. The van der Waals surface area contributed by atoms with Crippen LogP contribution in [0.25, 0.3) is 11.1 Å². The lowest BCUT2D eigenvalue weighted by Crippen LogP contribution is -1.97. The van der Waals surface area contributed by atoms with Gasteiger partial charge in [0.2, 0.25) is 0 Å². The molecule has 0 aliphatic heterocycles. The van der Waals surface area contributed by atoms with E-state index in [4.69, 9.17) is 11.0 Å². The highest BCUT2D eigenvalue weighted by Gasteiger charge is 2.00. The largest absolute Gasteiger partial charge is 0.326 e. The second-order valence-electron chi connectivity index (χ2n) is 3.48. The number of hydrogen-bond donors (Lipinski definition) is 1. The SMILES string of the molecule is N#Cc1cccc(-c2cncc(CN)c2)c1. The summed E-state index contributed by atoms with van der Waals surface area (Å²) in [5.74, 6) is 0. The van der Waals surface area contributed by atoms with Gasteiger partial charge in [-0.2, -0.15) is 5.26 Å². The van der Waals surface area contributed by atoms with Crippen LogP contribution in [0.2, 0.25) is 0 Å². The van der Waals surface area contributed by atoms with E-state index in [2.05, 4.69) is 11.1 Å². The minimum atomic E-state index is 0.471. The molecule has 0 radical (unpaired) electrons. The predicted molar refractivity (Wildman–Crippen MR) is 62.3 cm³/mol. The molecule has 0 amide bonds. The fraction of sp³-hybridized carbons (Fsp3) is 0.0769. The van der Waals surface area contributed by atoms with Crippen LogP contribution in [-0.2, 0) is 6.54 Å². The third-order valence-corrected chi connectivity index (χ3v) is 2.36. The molecule has 0 saturated carbocycles. The van der Waals surface area contributed by atoms with Crippen molar-refractivity contribution in [1.82, 2.24) is 4.98 Å². The molecule has 0 aliphatic carbocycles. The van der Waals surface area contributed by atoms with E-state index in [0.717, 1.165) is 16.7 Å². The van der Waals surface area contributed by atoms with Crippen molar-refractivity contribution in [2.75, 3.05) is 0 Å². The highest BCUT2D eigenvalue weighted by atomic mass is 14.6. The molecule has 2 N–H and O–H groups in total. The predicted octanol–water partition coefficient (Wildman–Crippen LogP) is 2.08. The van der Waals surface area contributed by atoms with Crippen molar-refractivity contribution >= 4 is 0 Å². The molecule has 0 fully saturated rings. The first-order valence-corrected chi connectivity index (χ1v) is 4.98. The number of benzene rings is 1. The highest BCUT2D eigenvalue weighted by Crippen LogP contribution is 2.20. The van der Waals surface area contributed by atoms with E-state index in [0.29, 0.717) is 12.1 Å². The molecule has 1 aromatic carbocycles. The van der Waals surface area contributed by atoms with E-state index in [1.807, 2.05) is 24.3 Å². The molecule has 0 unspecified atom stereocenters. The van der Waals surface area contributed by atoms with Gasteiger partial charge in [0, 0.05) is 24.5 Å². The fourth-order valence-electron chi connectivity index (χ4n) is 1.53.